The Morgan fingerprint density at radius 2 is 2.18 bits per heavy atom. The normalized spacial score (nSPS) is 29.8. The van der Waals surface area contributed by atoms with Crippen LogP contribution in [0.5, 0.6) is 0 Å². The van der Waals surface area contributed by atoms with Crippen molar-refractivity contribution in [2.45, 2.75) is 44.1 Å². The highest BCUT2D eigenvalue weighted by atomic mass is 32.2. The van der Waals surface area contributed by atoms with Crippen LogP contribution in [0.15, 0.2) is 4.99 Å². The lowest BCUT2D eigenvalue weighted by Crippen LogP contribution is -2.48. The quantitative estimate of drug-likeness (QED) is 0.782. The predicted molar refractivity (Wildman–Crippen MR) is 72.6 cm³/mol. The zero-order valence-electron chi connectivity index (χ0n) is 10.4. The number of rotatable bonds is 4. The molecule has 0 aromatic heterocycles. The molecule has 1 N–H and O–H groups in total. The number of hydrogen-bond donors (Lipinski definition) is 1. The van der Waals surface area contributed by atoms with Crippen LogP contribution in [0, 0.1) is 5.92 Å². The molecule has 17 heavy (non-hydrogen) atoms. The predicted octanol–water partition coefficient (Wildman–Crippen LogP) is 2.42. The molecule has 3 nitrogen and oxygen atoms in total. The van der Waals surface area contributed by atoms with E-state index in [9.17, 15) is 0 Å². The van der Waals surface area contributed by atoms with Crippen molar-refractivity contribution in [1.82, 2.24) is 5.32 Å². The van der Waals surface area contributed by atoms with Crippen molar-refractivity contribution in [3.63, 3.8) is 0 Å². The largest absolute Gasteiger partial charge is 0.381 e. The van der Waals surface area contributed by atoms with Gasteiger partial charge in [0.1, 0.15) is 0 Å². The van der Waals surface area contributed by atoms with Gasteiger partial charge < -0.3 is 10.1 Å². The maximum atomic E-state index is 5.43. The zero-order chi connectivity index (χ0) is 11.6. The number of nitrogens with one attached hydrogen (secondary N) is 1. The van der Waals surface area contributed by atoms with Crippen molar-refractivity contribution in [2.24, 2.45) is 10.9 Å². The molecule has 0 aromatic rings. The molecule has 0 bridgehead atoms. The van der Waals surface area contributed by atoms with E-state index in [-0.39, 0.29) is 0 Å². The summed E-state index contributed by atoms with van der Waals surface area (Å²) in [6, 6.07) is 0. The molecule has 1 saturated carbocycles. The van der Waals surface area contributed by atoms with E-state index in [2.05, 4.69) is 5.32 Å². The second-order valence-corrected chi connectivity index (χ2v) is 6.54. The summed E-state index contributed by atoms with van der Waals surface area (Å²) in [6.07, 6.45) is 7.87. The first-order chi connectivity index (χ1) is 8.36. The molecule has 0 atom stereocenters. The lowest BCUT2D eigenvalue weighted by Gasteiger charge is -2.32. The van der Waals surface area contributed by atoms with Crippen molar-refractivity contribution >= 4 is 16.9 Å². The molecule has 2 heterocycles. The van der Waals surface area contributed by atoms with Gasteiger partial charge in [0.15, 0.2) is 5.17 Å². The van der Waals surface area contributed by atoms with Crippen LogP contribution < -0.4 is 5.32 Å². The van der Waals surface area contributed by atoms with Crippen molar-refractivity contribution in [3.05, 3.63) is 0 Å². The summed E-state index contributed by atoms with van der Waals surface area (Å²) >= 11 is 1.91. The fourth-order valence-electron chi connectivity index (χ4n) is 2.59. The molecule has 1 aliphatic carbocycles. The number of nitrogens with zero attached hydrogens (tertiary/aromatic N) is 1. The topological polar surface area (TPSA) is 33.6 Å². The van der Waals surface area contributed by atoms with Gasteiger partial charge in [0.2, 0.25) is 0 Å². The third-order valence-corrected chi connectivity index (χ3v) is 5.23. The standard InChI is InChI=1S/C13H22N2OS/c1(2-11-3-4-11)7-14-12-15-13(10-17-12)5-8-16-9-6-13/h11H,1-10H2,(H,14,15). The fraction of sp³-hybridized carbons (Fsp3) is 0.923. The Bertz CT molecular complexity index is 296. The molecule has 2 saturated heterocycles. The van der Waals surface area contributed by atoms with Crippen molar-refractivity contribution in [3.8, 4) is 0 Å². The zero-order valence-corrected chi connectivity index (χ0v) is 11.2. The molecule has 4 heteroatoms. The molecule has 0 unspecified atom stereocenters. The summed E-state index contributed by atoms with van der Waals surface area (Å²) in [7, 11) is 0. The number of ether oxygens (including phenoxy) is 1. The Morgan fingerprint density at radius 1 is 1.35 bits per heavy atom. The molecule has 0 aromatic carbocycles. The lowest BCUT2D eigenvalue weighted by molar-refractivity contribution is 0.0555. The van der Waals surface area contributed by atoms with E-state index < -0.39 is 0 Å². The van der Waals surface area contributed by atoms with Crippen LogP contribution in [0.25, 0.3) is 0 Å². The molecule has 3 rings (SSSR count). The summed E-state index contributed by atoms with van der Waals surface area (Å²) in [4.78, 5) is 4.70. The summed E-state index contributed by atoms with van der Waals surface area (Å²) in [6.45, 7) is 2.82. The van der Waals surface area contributed by atoms with Crippen molar-refractivity contribution in [2.75, 3.05) is 25.5 Å². The van der Waals surface area contributed by atoms with Gasteiger partial charge in [-0.1, -0.05) is 24.6 Å². The Morgan fingerprint density at radius 3 is 2.94 bits per heavy atom. The number of aliphatic imine (C=N–C) groups is 1. The van der Waals surface area contributed by atoms with E-state index >= 15 is 0 Å². The molecule has 2 aliphatic heterocycles. The van der Waals surface area contributed by atoms with Gasteiger partial charge in [0.25, 0.3) is 0 Å². The lowest BCUT2D eigenvalue weighted by atomic mass is 9.93. The molecule has 0 amide bonds. The molecule has 1 spiro atoms. The smallest absolute Gasteiger partial charge is 0.157 e. The summed E-state index contributed by atoms with van der Waals surface area (Å²) < 4.78 is 5.43. The molecule has 3 fully saturated rings. The maximum Gasteiger partial charge on any atom is 0.157 e. The van der Waals surface area contributed by atoms with E-state index in [0.29, 0.717) is 5.54 Å². The van der Waals surface area contributed by atoms with Crippen LogP contribution in [0.3, 0.4) is 0 Å². The molecular weight excluding hydrogens is 232 g/mol. The first-order valence-corrected chi connectivity index (χ1v) is 7.88. The van der Waals surface area contributed by atoms with Crippen LogP contribution in [0.4, 0.5) is 0 Å². The Balaban J connectivity index is 1.43. The monoisotopic (exact) mass is 254 g/mol. The summed E-state index contributed by atoms with van der Waals surface area (Å²) in [5.74, 6) is 2.22. The summed E-state index contributed by atoms with van der Waals surface area (Å²) in [5, 5.41) is 4.83. The minimum Gasteiger partial charge on any atom is -0.381 e. The van der Waals surface area contributed by atoms with E-state index in [1.807, 2.05) is 11.8 Å². The third kappa shape index (κ3) is 3.16. The molecule has 0 radical (unpaired) electrons. The molecule has 96 valence electrons. The second-order valence-electron chi connectivity index (χ2n) is 5.58. The first kappa shape index (κ1) is 11.8. The first-order valence-electron chi connectivity index (χ1n) is 6.90. The minimum atomic E-state index is 0.304. The Labute approximate surface area is 108 Å². The van der Waals surface area contributed by atoms with Crippen LogP contribution in [0.1, 0.15) is 38.5 Å². The van der Waals surface area contributed by atoms with Crippen molar-refractivity contribution < 1.29 is 4.74 Å². The number of amidine groups is 1. The van der Waals surface area contributed by atoms with Crippen molar-refractivity contribution in [1.29, 1.82) is 0 Å². The maximum absolute atomic E-state index is 5.43. The van der Waals surface area contributed by atoms with E-state index in [0.717, 1.165) is 38.5 Å². The second kappa shape index (κ2) is 5.19. The van der Waals surface area contributed by atoms with E-state index in [1.54, 1.807) is 0 Å². The van der Waals surface area contributed by atoms with Gasteiger partial charge in [0.05, 0.1) is 5.54 Å². The van der Waals surface area contributed by atoms with Gasteiger partial charge in [-0.05, 0) is 31.6 Å². The van der Waals surface area contributed by atoms with E-state index in [1.165, 1.54) is 36.6 Å². The minimum absolute atomic E-state index is 0.304. The Kier molecular flexibility index (Phi) is 3.61. The van der Waals surface area contributed by atoms with Gasteiger partial charge in [-0.15, -0.1) is 0 Å². The number of hydrogen-bond acceptors (Lipinski definition) is 3. The van der Waals surface area contributed by atoms with Crippen LogP contribution >= 0.6 is 11.8 Å². The SMILES string of the molecule is C(CN=C1NC2(CCOCC2)CS1)CC1CC1. The summed E-state index contributed by atoms with van der Waals surface area (Å²) in [5.41, 5.74) is 0.304. The third-order valence-electron chi connectivity index (χ3n) is 4.03. The van der Waals surface area contributed by atoms with Gasteiger partial charge in [-0.2, -0.15) is 0 Å². The fourth-order valence-corrected chi connectivity index (χ4v) is 3.83. The molecule has 3 aliphatic rings. The van der Waals surface area contributed by atoms with Crippen LogP contribution in [-0.4, -0.2) is 36.2 Å². The highest BCUT2D eigenvalue weighted by Crippen LogP contribution is 2.34. The van der Waals surface area contributed by atoms with Gasteiger partial charge in [-0.3, -0.25) is 4.99 Å². The Hall–Kier alpha value is -0.220. The van der Waals surface area contributed by atoms with Crippen LogP contribution in [-0.2, 0) is 4.74 Å². The highest BCUT2D eigenvalue weighted by Gasteiger charge is 2.38. The average Bonchev–Trinajstić information content (AvgIpc) is 3.10. The number of thioether (sulfide) groups is 1. The molecular formula is C13H22N2OS. The van der Waals surface area contributed by atoms with E-state index in [4.69, 9.17) is 9.73 Å². The average molecular weight is 254 g/mol. The van der Waals surface area contributed by atoms with Gasteiger partial charge in [0, 0.05) is 25.5 Å². The van der Waals surface area contributed by atoms with Gasteiger partial charge in [-0.25, -0.2) is 0 Å². The highest BCUT2D eigenvalue weighted by molar-refractivity contribution is 8.14. The van der Waals surface area contributed by atoms with Crippen LogP contribution in [0.2, 0.25) is 0 Å². The van der Waals surface area contributed by atoms with Gasteiger partial charge >= 0.3 is 0 Å².